The van der Waals surface area contributed by atoms with Crippen LogP contribution in [0.2, 0.25) is 0 Å². The molecule has 2 N–H and O–H groups in total. The zero-order chi connectivity index (χ0) is 21.5. The van der Waals surface area contributed by atoms with E-state index >= 15 is 0 Å². The number of nitrogens with one attached hydrogen (secondary N) is 2. The van der Waals surface area contributed by atoms with E-state index in [1.807, 2.05) is 48.5 Å². The Morgan fingerprint density at radius 2 is 1.32 bits per heavy atom. The van der Waals surface area contributed by atoms with Crippen LogP contribution in [-0.4, -0.2) is 15.0 Å². The Hall–Kier alpha value is -3.73. The largest absolute Gasteiger partial charge is 0.324 e. The van der Waals surface area contributed by atoms with Crippen LogP contribution in [-0.2, 0) is 12.8 Å². The van der Waals surface area contributed by atoms with E-state index in [4.69, 9.17) is 4.98 Å². The van der Waals surface area contributed by atoms with Crippen LogP contribution in [0, 0.1) is 13.8 Å². The molecule has 0 aliphatic carbocycles. The highest BCUT2D eigenvalue weighted by Gasteiger charge is 2.09. The SMILES string of the molecule is Cc1cccc(Nc2nc(CCCc3ccccc3)nc(Nc3ccccc3)n2)c1C. The molecule has 0 saturated carbocycles. The molecule has 31 heavy (non-hydrogen) atoms. The van der Waals surface area contributed by atoms with Crippen molar-refractivity contribution in [1.29, 1.82) is 0 Å². The van der Waals surface area contributed by atoms with E-state index in [0.717, 1.165) is 36.5 Å². The lowest BCUT2D eigenvalue weighted by Crippen LogP contribution is -2.08. The van der Waals surface area contributed by atoms with Crippen LogP contribution < -0.4 is 10.6 Å². The highest BCUT2D eigenvalue weighted by atomic mass is 15.2. The predicted molar refractivity (Wildman–Crippen MR) is 127 cm³/mol. The van der Waals surface area contributed by atoms with E-state index in [2.05, 4.69) is 64.8 Å². The molecule has 0 spiro atoms. The van der Waals surface area contributed by atoms with Gasteiger partial charge in [0.15, 0.2) is 0 Å². The average Bonchev–Trinajstić information content (AvgIpc) is 2.78. The van der Waals surface area contributed by atoms with E-state index in [1.165, 1.54) is 16.7 Å². The second-order valence-electron chi connectivity index (χ2n) is 7.60. The van der Waals surface area contributed by atoms with Gasteiger partial charge in [0.2, 0.25) is 11.9 Å². The number of hydrogen-bond donors (Lipinski definition) is 2. The van der Waals surface area contributed by atoms with Crippen LogP contribution in [0.25, 0.3) is 0 Å². The van der Waals surface area contributed by atoms with Gasteiger partial charge < -0.3 is 10.6 Å². The molecule has 1 heterocycles. The van der Waals surface area contributed by atoms with E-state index in [0.29, 0.717) is 11.9 Å². The van der Waals surface area contributed by atoms with Gasteiger partial charge in [0.1, 0.15) is 5.82 Å². The fourth-order valence-corrected chi connectivity index (χ4v) is 3.40. The molecule has 0 fully saturated rings. The molecule has 4 aromatic rings. The van der Waals surface area contributed by atoms with E-state index in [-0.39, 0.29) is 0 Å². The number of aryl methyl sites for hydroxylation is 3. The van der Waals surface area contributed by atoms with Gasteiger partial charge in [0, 0.05) is 17.8 Å². The minimum absolute atomic E-state index is 0.545. The minimum Gasteiger partial charge on any atom is -0.324 e. The molecule has 156 valence electrons. The second kappa shape index (κ2) is 9.85. The van der Waals surface area contributed by atoms with Gasteiger partial charge in [-0.25, -0.2) is 0 Å². The lowest BCUT2D eigenvalue weighted by molar-refractivity contribution is 0.766. The van der Waals surface area contributed by atoms with E-state index in [9.17, 15) is 0 Å². The van der Waals surface area contributed by atoms with E-state index in [1.54, 1.807) is 0 Å². The van der Waals surface area contributed by atoms with Crippen molar-refractivity contribution < 1.29 is 0 Å². The maximum Gasteiger partial charge on any atom is 0.232 e. The molecule has 0 saturated heterocycles. The van der Waals surface area contributed by atoms with Crippen LogP contribution in [0.3, 0.4) is 0 Å². The molecule has 0 radical (unpaired) electrons. The highest BCUT2D eigenvalue weighted by molar-refractivity contribution is 5.61. The van der Waals surface area contributed by atoms with Crippen molar-refractivity contribution >= 4 is 23.3 Å². The third-order valence-corrected chi connectivity index (χ3v) is 5.27. The number of rotatable bonds is 8. The van der Waals surface area contributed by atoms with Crippen LogP contribution in [0.4, 0.5) is 23.3 Å². The van der Waals surface area contributed by atoms with Gasteiger partial charge in [-0.15, -0.1) is 0 Å². The van der Waals surface area contributed by atoms with Crippen molar-refractivity contribution in [2.45, 2.75) is 33.1 Å². The first-order chi connectivity index (χ1) is 15.2. The number of aromatic nitrogens is 3. The quantitative estimate of drug-likeness (QED) is 0.365. The lowest BCUT2D eigenvalue weighted by Gasteiger charge is -2.13. The molecule has 0 aliphatic heterocycles. The van der Waals surface area contributed by atoms with Gasteiger partial charge in [0.25, 0.3) is 0 Å². The standard InChI is InChI=1S/C26H27N5/c1-19-11-9-17-23(20(19)2)28-26-30-24(18-10-14-21-12-5-3-6-13-21)29-25(31-26)27-22-15-7-4-8-16-22/h3-9,11-13,15-17H,10,14,18H2,1-2H3,(H2,27,28,29,30,31). The first-order valence-corrected chi connectivity index (χ1v) is 10.6. The molecule has 0 amide bonds. The molecule has 0 atom stereocenters. The van der Waals surface area contributed by atoms with Crippen molar-refractivity contribution in [2.75, 3.05) is 10.6 Å². The zero-order valence-electron chi connectivity index (χ0n) is 18.0. The molecule has 4 rings (SSSR count). The molecular formula is C26H27N5. The topological polar surface area (TPSA) is 62.7 Å². The van der Waals surface area contributed by atoms with Crippen molar-refractivity contribution in [3.05, 3.63) is 101 Å². The van der Waals surface area contributed by atoms with Crippen molar-refractivity contribution in [3.63, 3.8) is 0 Å². The molecule has 0 unspecified atom stereocenters. The number of benzene rings is 3. The summed E-state index contributed by atoms with van der Waals surface area (Å²) in [4.78, 5) is 14.0. The molecule has 0 bridgehead atoms. The first kappa shape index (κ1) is 20.5. The van der Waals surface area contributed by atoms with Gasteiger partial charge in [-0.05, 0) is 61.6 Å². The lowest BCUT2D eigenvalue weighted by atomic mass is 10.1. The van der Waals surface area contributed by atoms with Gasteiger partial charge in [-0.2, -0.15) is 15.0 Å². The Morgan fingerprint density at radius 3 is 2.06 bits per heavy atom. The third-order valence-electron chi connectivity index (χ3n) is 5.27. The monoisotopic (exact) mass is 409 g/mol. The summed E-state index contributed by atoms with van der Waals surface area (Å²) < 4.78 is 0. The summed E-state index contributed by atoms with van der Waals surface area (Å²) in [7, 11) is 0. The summed E-state index contributed by atoms with van der Waals surface area (Å²) in [6, 6.07) is 26.6. The van der Waals surface area contributed by atoms with Crippen LogP contribution in [0.1, 0.15) is 28.9 Å². The van der Waals surface area contributed by atoms with Crippen LogP contribution >= 0.6 is 0 Å². The second-order valence-corrected chi connectivity index (χ2v) is 7.60. The highest BCUT2D eigenvalue weighted by Crippen LogP contribution is 2.22. The molecule has 5 nitrogen and oxygen atoms in total. The Balaban J connectivity index is 1.56. The summed E-state index contributed by atoms with van der Waals surface area (Å²) in [5.41, 5.74) is 5.69. The van der Waals surface area contributed by atoms with Gasteiger partial charge >= 0.3 is 0 Å². The normalized spacial score (nSPS) is 10.6. The van der Waals surface area contributed by atoms with Crippen molar-refractivity contribution in [3.8, 4) is 0 Å². The van der Waals surface area contributed by atoms with Gasteiger partial charge in [0.05, 0.1) is 0 Å². The van der Waals surface area contributed by atoms with E-state index < -0.39 is 0 Å². The van der Waals surface area contributed by atoms with Gasteiger partial charge in [-0.1, -0.05) is 60.7 Å². The summed E-state index contributed by atoms with van der Waals surface area (Å²) in [6.45, 7) is 4.20. The number of para-hydroxylation sites is 1. The Bertz CT molecular complexity index is 1130. The number of anilines is 4. The predicted octanol–water partition coefficient (Wildman–Crippen LogP) is 6.15. The third kappa shape index (κ3) is 5.66. The first-order valence-electron chi connectivity index (χ1n) is 10.6. The molecule has 3 aromatic carbocycles. The van der Waals surface area contributed by atoms with Crippen LogP contribution in [0.5, 0.6) is 0 Å². The molecule has 5 heteroatoms. The fraction of sp³-hybridized carbons (Fsp3) is 0.192. The Kier molecular flexibility index (Phi) is 6.53. The maximum atomic E-state index is 4.70. The van der Waals surface area contributed by atoms with Crippen LogP contribution in [0.15, 0.2) is 78.9 Å². The van der Waals surface area contributed by atoms with Crippen molar-refractivity contribution in [2.24, 2.45) is 0 Å². The average molecular weight is 410 g/mol. The summed E-state index contributed by atoms with van der Waals surface area (Å²) in [5, 5.41) is 6.69. The Labute approximate surface area is 183 Å². The number of hydrogen-bond acceptors (Lipinski definition) is 5. The maximum absolute atomic E-state index is 4.70. The van der Waals surface area contributed by atoms with Gasteiger partial charge in [-0.3, -0.25) is 0 Å². The fourth-order valence-electron chi connectivity index (χ4n) is 3.40. The summed E-state index contributed by atoms with van der Waals surface area (Å²) >= 11 is 0. The molecule has 1 aromatic heterocycles. The smallest absolute Gasteiger partial charge is 0.232 e. The minimum atomic E-state index is 0.545. The molecule has 0 aliphatic rings. The van der Waals surface area contributed by atoms with Crippen molar-refractivity contribution in [1.82, 2.24) is 15.0 Å². The summed E-state index contributed by atoms with van der Waals surface area (Å²) in [5.74, 6) is 1.87. The Morgan fingerprint density at radius 1 is 0.645 bits per heavy atom. The summed E-state index contributed by atoms with van der Waals surface area (Å²) in [6.07, 6.45) is 2.75. The number of nitrogens with zero attached hydrogens (tertiary/aromatic N) is 3. The zero-order valence-corrected chi connectivity index (χ0v) is 18.0. The molecular weight excluding hydrogens is 382 g/mol.